The van der Waals surface area contributed by atoms with Crippen LogP contribution in [0.2, 0.25) is 0 Å². The predicted octanol–water partition coefficient (Wildman–Crippen LogP) is 2.34. The molecule has 2 heterocycles. The van der Waals surface area contributed by atoms with Gasteiger partial charge in [0.15, 0.2) is 5.65 Å². The lowest BCUT2D eigenvalue weighted by atomic mass is 10.3. The number of fused-ring (bicyclic) bond motifs is 1. The van der Waals surface area contributed by atoms with E-state index in [0.717, 1.165) is 12.8 Å². The van der Waals surface area contributed by atoms with Crippen LogP contribution in [-0.2, 0) is 11.3 Å². The van der Waals surface area contributed by atoms with Gasteiger partial charge in [0.25, 0.3) is 5.56 Å². The summed E-state index contributed by atoms with van der Waals surface area (Å²) in [5.41, 5.74) is 0.783. The van der Waals surface area contributed by atoms with E-state index in [1.807, 2.05) is 0 Å². The van der Waals surface area contributed by atoms with Crippen LogP contribution in [0, 0.1) is 12.7 Å². The van der Waals surface area contributed by atoms with E-state index in [1.54, 1.807) is 19.1 Å². The van der Waals surface area contributed by atoms with E-state index in [4.69, 9.17) is 0 Å². The molecule has 7 nitrogen and oxygen atoms in total. The number of aromatic nitrogens is 4. The van der Waals surface area contributed by atoms with Crippen molar-refractivity contribution in [2.45, 2.75) is 39.7 Å². The number of hydrogen-bond donors (Lipinski definition) is 1. The molecule has 0 bridgehead atoms. The number of benzene rings is 1. The molecule has 1 N–H and O–H groups in total. The fourth-order valence-corrected chi connectivity index (χ4v) is 2.85. The van der Waals surface area contributed by atoms with Crippen molar-refractivity contribution in [3.8, 4) is 5.69 Å². The first-order chi connectivity index (χ1) is 13.0. The van der Waals surface area contributed by atoms with E-state index in [9.17, 15) is 14.0 Å². The Balaban J connectivity index is 1.86. The minimum atomic E-state index is -0.348. The van der Waals surface area contributed by atoms with Crippen LogP contribution in [0.1, 0.15) is 32.0 Å². The van der Waals surface area contributed by atoms with E-state index in [-0.39, 0.29) is 30.2 Å². The standard InChI is InChI=1S/C19H22FN5O2/c1-3-4-10-21-17(26)9-11-24-13(2)23-18-16(19(24)27)12-22-25(18)15-7-5-14(20)6-8-15/h5-8,12H,3-4,9-11H2,1-2H3,(H,21,26). The lowest BCUT2D eigenvalue weighted by Crippen LogP contribution is -2.29. The van der Waals surface area contributed by atoms with Crippen molar-refractivity contribution in [2.75, 3.05) is 6.54 Å². The van der Waals surface area contributed by atoms with E-state index >= 15 is 0 Å². The van der Waals surface area contributed by atoms with E-state index in [1.165, 1.54) is 27.6 Å². The van der Waals surface area contributed by atoms with Crippen LogP contribution in [0.15, 0.2) is 35.3 Å². The molecule has 0 aliphatic rings. The zero-order valence-electron chi connectivity index (χ0n) is 15.4. The van der Waals surface area contributed by atoms with Gasteiger partial charge in [0.1, 0.15) is 17.0 Å². The minimum absolute atomic E-state index is 0.0862. The second-order valence-electron chi connectivity index (χ2n) is 6.34. The number of rotatable bonds is 7. The van der Waals surface area contributed by atoms with Crippen molar-refractivity contribution in [2.24, 2.45) is 0 Å². The lowest BCUT2D eigenvalue weighted by Gasteiger charge is -2.10. The zero-order valence-corrected chi connectivity index (χ0v) is 15.4. The van der Waals surface area contributed by atoms with Gasteiger partial charge in [-0.25, -0.2) is 14.1 Å². The second kappa shape index (κ2) is 8.11. The summed E-state index contributed by atoms with van der Waals surface area (Å²) in [6.07, 6.45) is 3.60. The number of amides is 1. The summed E-state index contributed by atoms with van der Waals surface area (Å²) in [4.78, 5) is 29.2. The minimum Gasteiger partial charge on any atom is -0.356 e. The molecule has 0 aliphatic carbocycles. The molecule has 1 aromatic carbocycles. The summed E-state index contributed by atoms with van der Waals surface area (Å²) in [6.45, 7) is 4.68. The Labute approximate surface area is 155 Å². The van der Waals surface area contributed by atoms with E-state index in [0.29, 0.717) is 29.1 Å². The number of nitrogens with one attached hydrogen (secondary N) is 1. The molecule has 8 heteroatoms. The Morgan fingerprint density at radius 3 is 2.70 bits per heavy atom. The number of halogens is 1. The van der Waals surface area contributed by atoms with Crippen LogP contribution in [0.4, 0.5) is 4.39 Å². The van der Waals surface area contributed by atoms with Gasteiger partial charge in [-0.3, -0.25) is 14.2 Å². The van der Waals surface area contributed by atoms with Crippen LogP contribution in [0.3, 0.4) is 0 Å². The molecule has 142 valence electrons. The highest BCUT2D eigenvalue weighted by Gasteiger charge is 2.15. The van der Waals surface area contributed by atoms with Gasteiger partial charge < -0.3 is 5.32 Å². The van der Waals surface area contributed by atoms with Gasteiger partial charge in [-0.05, 0) is 37.6 Å². The molecule has 0 spiro atoms. The SMILES string of the molecule is CCCCNC(=O)CCn1c(C)nc2c(cnn2-c2ccc(F)cc2)c1=O. The van der Waals surface area contributed by atoms with Crippen molar-refractivity contribution in [1.29, 1.82) is 0 Å². The number of hydrogen-bond acceptors (Lipinski definition) is 4. The average Bonchev–Trinajstić information content (AvgIpc) is 3.06. The van der Waals surface area contributed by atoms with Crippen molar-refractivity contribution < 1.29 is 9.18 Å². The smallest absolute Gasteiger partial charge is 0.264 e. The quantitative estimate of drug-likeness (QED) is 0.647. The van der Waals surface area contributed by atoms with Crippen LogP contribution >= 0.6 is 0 Å². The molecule has 27 heavy (non-hydrogen) atoms. The van der Waals surface area contributed by atoms with Gasteiger partial charge >= 0.3 is 0 Å². The Hall–Kier alpha value is -3.03. The Morgan fingerprint density at radius 1 is 1.26 bits per heavy atom. The molecule has 1 amide bonds. The normalized spacial score (nSPS) is 11.1. The molecule has 3 rings (SSSR count). The van der Waals surface area contributed by atoms with Crippen LogP contribution in [0.25, 0.3) is 16.7 Å². The number of carbonyl (C=O) groups is 1. The second-order valence-corrected chi connectivity index (χ2v) is 6.34. The molecule has 0 unspecified atom stereocenters. The van der Waals surface area contributed by atoms with Gasteiger partial charge in [-0.15, -0.1) is 0 Å². The molecule has 0 radical (unpaired) electrons. The van der Waals surface area contributed by atoms with Gasteiger partial charge in [0.2, 0.25) is 5.91 Å². The highest BCUT2D eigenvalue weighted by molar-refractivity contribution is 5.76. The Morgan fingerprint density at radius 2 is 2.00 bits per heavy atom. The highest BCUT2D eigenvalue weighted by atomic mass is 19.1. The third-order valence-corrected chi connectivity index (χ3v) is 4.36. The first-order valence-electron chi connectivity index (χ1n) is 8.99. The molecule has 0 saturated heterocycles. The third kappa shape index (κ3) is 4.05. The topological polar surface area (TPSA) is 81.8 Å². The molecule has 0 fully saturated rings. The molecule has 0 aliphatic heterocycles. The van der Waals surface area contributed by atoms with Gasteiger partial charge in [0.05, 0.1) is 11.9 Å². The number of carbonyl (C=O) groups excluding carboxylic acids is 1. The van der Waals surface area contributed by atoms with Crippen molar-refractivity contribution >= 4 is 16.9 Å². The molecule has 0 saturated carbocycles. The monoisotopic (exact) mass is 371 g/mol. The van der Waals surface area contributed by atoms with Crippen molar-refractivity contribution in [3.63, 3.8) is 0 Å². The predicted molar refractivity (Wildman–Crippen MR) is 100 cm³/mol. The summed E-state index contributed by atoms with van der Waals surface area (Å²) in [5.74, 6) is 0.0634. The molecular weight excluding hydrogens is 349 g/mol. The maximum atomic E-state index is 13.1. The summed E-state index contributed by atoms with van der Waals surface area (Å²) in [5, 5.41) is 7.42. The zero-order chi connectivity index (χ0) is 19.4. The first-order valence-corrected chi connectivity index (χ1v) is 8.99. The molecule has 2 aromatic heterocycles. The number of aryl methyl sites for hydroxylation is 1. The summed E-state index contributed by atoms with van der Waals surface area (Å²) in [7, 11) is 0. The molecule has 0 atom stereocenters. The lowest BCUT2D eigenvalue weighted by molar-refractivity contribution is -0.121. The Bertz CT molecular complexity index is 1010. The van der Waals surface area contributed by atoms with E-state index in [2.05, 4.69) is 22.3 Å². The maximum absolute atomic E-state index is 13.1. The largest absolute Gasteiger partial charge is 0.356 e. The fraction of sp³-hybridized carbons (Fsp3) is 0.368. The number of nitrogens with zero attached hydrogens (tertiary/aromatic N) is 4. The van der Waals surface area contributed by atoms with Crippen LogP contribution in [0.5, 0.6) is 0 Å². The van der Waals surface area contributed by atoms with Gasteiger partial charge in [0, 0.05) is 19.5 Å². The maximum Gasteiger partial charge on any atom is 0.264 e. The van der Waals surface area contributed by atoms with Gasteiger partial charge in [-0.2, -0.15) is 5.10 Å². The first kappa shape index (κ1) is 18.8. The fourth-order valence-electron chi connectivity index (χ4n) is 2.85. The molecule has 3 aromatic rings. The average molecular weight is 371 g/mol. The van der Waals surface area contributed by atoms with Crippen LogP contribution in [-0.4, -0.2) is 31.8 Å². The van der Waals surface area contributed by atoms with E-state index < -0.39 is 0 Å². The Kier molecular flexibility index (Phi) is 5.63. The van der Waals surface area contributed by atoms with Gasteiger partial charge in [-0.1, -0.05) is 13.3 Å². The number of unbranched alkanes of at least 4 members (excludes halogenated alkanes) is 1. The van der Waals surface area contributed by atoms with Crippen molar-refractivity contribution in [1.82, 2.24) is 24.6 Å². The molecular formula is C19H22FN5O2. The van der Waals surface area contributed by atoms with Crippen LogP contribution < -0.4 is 10.9 Å². The highest BCUT2D eigenvalue weighted by Crippen LogP contribution is 2.15. The van der Waals surface area contributed by atoms with Crippen molar-refractivity contribution in [3.05, 3.63) is 52.5 Å². The summed E-state index contributed by atoms with van der Waals surface area (Å²) < 4.78 is 16.1. The summed E-state index contributed by atoms with van der Waals surface area (Å²) in [6, 6.07) is 5.80. The third-order valence-electron chi connectivity index (χ3n) is 4.36. The summed E-state index contributed by atoms with van der Waals surface area (Å²) >= 11 is 0.